The molecule has 2 aromatic heterocycles. The van der Waals surface area contributed by atoms with Crippen molar-refractivity contribution in [2.45, 2.75) is 13.5 Å². The van der Waals surface area contributed by atoms with Gasteiger partial charge in [0.05, 0.1) is 6.54 Å². The zero-order valence-electron chi connectivity index (χ0n) is 15.6. The van der Waals surface area contributed by atoms with Crippen LogP contribution in [-0.2, 0) is 23.2 Å². The standard InChI is InChI=1S/C21H22N4O2/c1-15(26)23-20-10-8-16(13-22-20)9-11-21(27)24(2)14-18-12-17-6-4-5-7-19(17)25(18)3/h4-13H,14H2,1-3H3,(H,22,23,26). The Morgan fingerprint density at radius 2 is 2.00 bits per heavy atom. The number of carbonyl (C=O) groups is 2. The number of hydrogen-bond donors (Lipinski definition) is 1. The molecule has 0 radical (unpaired) electrons. The fourth-order valence-electron chi connectivity index (χ4n) is 2.87. The van der Waals surface area contributed by atoms with Gasteiger partial charge in [0.25, 0.3) is 0 Å². The summed E-state index contributed by atoms with van der Waals surface area (Å²) in [6, 6.07) is 13.8. The van der Waals surface area contributed by atoms with Crippen LogP contribution in [0.1, 0.15) is 18.2 Å². The molecule has 0 aliphatic heterocycles. The molecule has 0 atom stereocenters. The molecule has 0 bridgehead atoms. The van der Waals surface area contributed by atoms with E-state index in [1.165, 1.54) is 13.0 Å². The first kappa shape index (κ1) is 18.4. The van der Waals surface area contributed by atoms with Gasteiger partial charge >= 0.3 is 0 Å². The van der Waals surface area contributed by atoms with Crippen LogP contribution in [0.4, 0.5) is 5.82 Å². The largest absolute Gasteiger partial charge is 0.346 e. The average molecular weight is 362 g/mol. The Kier molecular flexibility index (Phi) is 5.35. The normalized spacial score (nSPS) is 11.1. The van der Waals surface area contributed by atoms with Crippen LogP contribution in [0.25, 0.3) is 17.0 Å². The monoisotopic (exact) mass is 362 g/mol. The highest BCUT2D eigenvalue weighted by atomic mass is 16.2. The van der Waals surface area contributed by atoms with E-state index in [1.807, 2.05) is 19.2 Å². The first-order chi connectivity index (χ1) is 12.9. The van der Waals surface area contributed by atoms with E-state index in [0.29, 0.717) is 12.4 Å². The number of rotatable bonds is 5. The summed E-state index contributed by atoms with van der Waals surface area (Å²) in [6.45, 7) is 1.95. The van der Waals surface area contributed by atoms with Crippen LogP contribution >= 0.6 is 0 Å². The maximum Gasteiger partial charge on any atom is 0.246 e. The van der Waals surface area contributed by atoms with E-state index >= 15 is 0 Å². The maximum atomic E-state index is 12.4. The van der Waals surface area contributed by atoms with Crippen molar-refractivity contribution in [2.24, 2.45) is 7.05 Å². The quantitative estimate of drug-likeness (QED) is 0.709. The number of benzene rings is 1. The van der Waals surface area contributed by atoms with Gasteiger partial charge in [-0.3, -0.25) is 9.59 Å². The highest BCUT2D eigenvalue weighted by Gasteiger charge is 2.10. The highest BCUT2D eigenvalue weighted by Crippen LogP contribution is 2.19. The minimum absolute atomic E-state index is 0.0915. The zero-order chi connectivity index (χ0) is 19.4. The number of carbonyl (C=O) groups excluding carboxylic acids is 2. The van der Waals surface area contributed by atoms with Crippen molar-refractivity contribution in [2.75, 3.05) is 12.4 Å². The van der Waals surface area contributed by atoms with Crippen molar-refractivity contribution in [3.63, 3.8) is 0 Å². The summed E-state index contributed by atoms with van der Waals surface area (Å²) < 4.78 is 2.10. The molecular weight excluding hydrogens is 340 g/mol. The molecule has 1 N–H and O–H groups in total. The molecule has 0 aliphatic rings. The summed E-state index contributed by atoms with van der Waals surface area (Å²) in [5, 5.41) is 3.77. The summed E-state index contributed by atoms with van der Waals surface area (Å²) >= 11 is 0. The molecule has 6 heteroatoms. The van der Waals surface area contributed by atoms with Crippen LogP contribution in [0.3, 0.4) is 0 Å². The van der Waals surface area contributed by atoms with E-state index in [-0.39, 0.29) is 11.8 Å². The van der Waals surface area contributed by atoms with Crippen LogP contribution < -0.4 is 5.32 Å². The summed E-state index contributed by atoms with van der Waals surface area (Å²) in [4.78, 5) is 29.2. The van der Waals surface area contributed by atoms with Crippen LogP contribution in [-0.4, -0.2) is 33.3 Å². The topological polar surface area (TPSA) is 67.2 Å². The van der Waals surface area contributed by atoms with Gasteiger partial charge in [-0.25, -0.2) is 4.98 Å². The molecule has 0 saturated heterocycles. The van der Waals surface area contributed by atoms with Gasteiger partial charge in [-0.15, -0.1) is 0 Å². The Bertz CT molecular complexity index is 1000. The number of fused-ring (bicyclic) bond motifs is 1. The number of nitrogens with zero attached hydrogens (tertiary/aromatic N) is 3. The van der Waals surface area contributed by atoms with Gasteiger partial charge < -0.3 is 14.8 Å². The van der Waals surface area contributed by atoms with Crippen molar-refractivity contribution >= 4 is 34.6 Å². The summed E-state index contributed by atoms with van der Waals surface area (Å²) in [6.07, 6.45) is 4.85. The number of hydrogen-bond acceptors (Lipinski definition) is 3. The number of aromatic nitrogens is 2. The molecule has 2 amide bonds. The van der Waals surface area contributed by atoms with E-state index in [2.05, 4.69) is 33.1 Å². The second-order valence-corrected chi connectivity index (χ2v) is 6.44. The molecule has 3 rings (SSSR count). The van der Waals surface area contributed by atoms with Crippen LogP contribution in [0, 0.1) is 0 Å². The average Bonchev–Trinajstić information content (AvgIpc) is 2.96. The van der Waals surface area contributed by atoms with Gasteiger partial charge in [0.2, 0.25) is 11.8 Å². The molecule has 138 valence electrons. The van der Waals surface area contributed by atoms with Crippen LogP contribution in [0.5, 0.6) is 0 Å². The molecule has 3 aromatic rings. The minimum atomic E-state index is -0.170. The summed E-state index contributed by atoms with van der Waals surface area (Å²) in [5.74, 6) is 0.223. The predicted molar refractivity (Wildman–Crippen MR) is 107 cm³/mol. The van der Waals surface area contributed by atoms with E-state index in [1.54, 1.807) is 36.4 Å². The van der Waals surface area contributed by atoms with Crippen molar-refractivity contribution in [1.29, 1.82) is 0 Å². The van der Waals surface area contributed by atoms with Gasteiger partial charge in [0.1, 0.15) is 5.82 Å². The third kappa shape index (κ3) is 4.41. The molecule has 2 heterocycles. The second kappa shape index (κ2) is 7.86. The third-order valence-electron chi connectivity index (χ3n) is 4.34. The number of amides is 2. The lowest BCUT2D eigenvalue weighted by Gasteiger charge is -2.15. The van der Waals surface area contributed by atoms with Gasteiger partial charge in [-0.1, -0.05) is 18.2 Å². The molecular formula is C21H22N4O2. The smallest absolute Gasteiger partial charge is 0.246 e. The van der Waals surface area contributed by atoms with Crippen molar-refractivity contribution in [1.82, 2.24) is 14.5 Å². The van der Waals surface area contributed by atoms with Crippen LogP contribution in [0.2, 0.25) is 0 Å². The number of likely N-dealkylation sites (N-methyl/N-ethyl adjacent to an activating group) is 1. The van der Waals surface area contributed by atoms with Crippen LogP contribution in [0.15, 0.2) is 54.7 Å². The Labute approximate surface area is 158 Å². The second-order valence-electron chi connectivity index (χ2n) is 6.44. The molecule has 0 spiro atoms. The van der Waals surface area contributed by atoms with E-state index < -0.39 is 0 Å². The highest BCUT2D eigenvalue weighted by molar-refractivity contribution is 5.92. The molecule has 1 aromatic carbocycles. The van der Waals surface area contributed by atoms with Gasteiger partial charge in [0, 0.05) is 44.5 Å². The van der Waals surface area contributed by atoms with Crippen molar-refractivity contribution in [3.05, 3.63) is 66.0 Å². The van der Waals surface area contributed by atoms with E-state index in [0.717, 1.165) is 22.2 Å². The Morgan fingerprint density at radius 3 is 2.67 bits per heavy atom. The lowest BCUT2D eigenvalue weighted by atomic mass is 10.2. The van der Waals surface area contributed by atoms with E-state index in [9.17, 15) is 9.59 Å². The first-order valence-corrected chi connectivity index (χ1v) is 8.64. The summed E-state index contributed by atoms with van der Waals surface area (Å²) in [5.41, 5.74) is 3.01. The van der Waals surface area contributed by atoms with Crippen molar-refractivity contribution in [3.8, 4) is 0 Å². The minimum Gasteiger partial charge on any atom is -0.346 e. The molecule has 0 saturated carbocycles. The first-order valence-electron chi connectivity index (χ1n) is 8.64. The van der Waals surface area contributed by atoms with Gasteiger partial charge in [0.15, 0.2) is 0 Å². The van der Waals surface area contributed by atoms with Gasteiger partial charge in [-0.2, -0.15) is 0 Å². The zero-order valence-corrected chi connectivity index (χ0v) is 15.6. The molecule has 0 unspecified atom stereocenters. The fraction of sp³-hybridized carbons (Fsp3) is 0.190. The maximum absolute atomic E-state index is 12.4. The number of anilines is 1. The molecule has 6 nitrogen and oxygen atoms in total. The Morgan fingerprint density at radius 1 is 1.22 bits per heavy atom. The number of aryl methyl sites for hydroxylation is 1. The Hall–Kier alpha value is -3.41. The molecule has 27 heavy (non-hydrogen) atoms. The Balaban J connectivity index is 1.65. The molecule has 0 aliphatic carbocycles. The SMILES string of the molecule is CC(=O)Nc1ccc(C=CC(=O)N(C)Cc2cc3ccccc3n2C)cn1. The lowest BCUT2D eigenvalue weighted by molar-refractivity contribution is -0.125. The number of para-hydroxylation sites is 1. The van der Waals surface area contributed by atoms with Gasteiger partial charge in [-0.05, 0) is 41.3 Å². The molecule has 0 fully saturated rings. The van der Waals surface area contributed by atoms with Crippen molar-refractivity contribution < 1.29 is 9.59 Å². The third-order valence-corrected chi connectivity index (χ3v) is 4.34. The lowest BCUT2D eigenvalue weighted by Crippen LogP contribution is -2.25. The fourth-order valence-corrected chi connectivity index (χ4v) is 2.87. The number of pyridine rings is 1. The predicted octanol–water partition coefficient (Wildman–Crippen LogP) is 3.20. The van der Waals surface area contributed by atoms with E-state index in [4.69, 9.17) is 0 Å². The number of nitrogens with one attached hydrogen (secondary N) is 1. The summed E-state index contributed by atoms with van der Waals surface area (Å²) in [7, 11) is 3.79.